The quantitative estimate of drug-likeness (QED) is 0.203. The van der Waals surface area contributed by atoms with E-state index in [0.717, 1.165) is 41.8 Å². The van der Waals surface area contributed by atoms with Crippen LogP contribution in [0.2, 0.25) is 0 Å². The summed E-state index contributed by atoms with van der Waals surface area (Å²) < 4.78 is 39.8. The number of morpholine rings is 2. The van der Waals surface area contributed by atoms with Crippen LogP contribution in [0.1, 0.15) is 60.1 Å². The van der Waals surface area contributed by atoms with Gasteiger partial charge in [0, 0.05) is 51.0 Å². The van der Waals surface area contributed by atoms with Crippen LogP contribution in [0.3, 0.4) is 0 Å². The topological polar surface area (TPSA) is 118 Å². The van der Waals surface area contributed by atoms with Crippen molar-refractivity contribution in [2.75, 3.05) is 50.0 Å². The molecule has 0 spiro atoms. The van der Waals surface area contributed by atoms with E-state index in [1.165, 1.54) is 25.0 Å². The molecule has 0 radical (unpaired) electrons. The van der Waals surface area contributed by atoms with Crippen molar-refractivity contribution in [1.29, 1.82) is 0 Å². The van der Waals surface area contributed by atoms with Crippen LogP contribution >= 0.6 is 0 Å². The molecule has 1 aliphatic carbocycles. The molecule has 3 aliphatic rings. The molecule has 2 atom stereocenters. The third kappa shape index (κ3) is 8.34. The number of benzene rings is 2. The smallest absolute Gasteiger partial charge is 0.227 e. The summed E-state index contributed by atoms with van der Waals surface area (Å²) in [6.45, 7) is 6.41. The molecule has 2 aliphatic heterocycles. The first-order chi connectivity index (χ1) is 22.1. The lowest BCUT2D eigenvalue weighted by Crippen LogP contribution is -2.33. The highest BCUT2D eigenvalue weighted by Crippen LogP contribution is 2.39. The zero-order valence-electron chi connectivity index (χ0n) is 25.2. The van der Waals surface area contributed by atoms with E-state index in [9.17, 15) is 8.78 Å². The molecule has 45 heavy (non-hydrogen) atoms. The lowest BCUT2D eigenvalue weighted by molar-refractivity contribution is 0.0275. The maximum Gasteiger partial charge on any atom is 0.227 e. The number of hydrogen-bond donors (Lipinski definition) is 4. The first-order valence-electron chi connectivity index (χ1n) is 15.5. The van der Waals surface area contributed by atoms with Gasteiger partial charge in [0.15, 0.2) is 0 Å². The van der Waals surface area contributed by atoms with Crippen LogP contribution < -0.4 is 21.3 Å². The molecule has 0 amide bonds. The van der Waals surface area contributed by atoms with E-state index in [2.05, 4.69) is 41.2 Å². The zero-order valence-corrected chi connectivity index (χ0v) is 25.2. The van der Waals surface area contributed by atoms with E-state index in [1.807, 2.05) is 31.5 Å². The van der Waals surface area contributed by atoms with Gasteiger partial charge in [0.05, 0.1) is 36.8 Å². The Labute approximate surface area is 261 Å². The van der Waals surface area contributed by atoms with E-state index in [0.29, 0.717) is 55.5 Å². The Morgan fingerprint density at radius 1 is 0.711 bits per heavy atom. The second kappa shape index (κ2) is 14.8. The normalized spacial score (nSPS) is 19.7. The highest BCUT2D eigenvalue weighted by Gasteiger charge is 2.24. The number of aromatic nitrogens is 4. The Balaban J connectivity index is 0.000000159. The first-order valence-corrected chi connectivity index (χ1v) is 15.5. The van der Waals surface area contributed by atoms with Gasteiger partial charge in [0.25, 0.3) is 0 Å². The Kier molecular flexibility index (Phi) is 10.2. The van der Waals surface area contributed by atoms with Gasteiger partial charge in [-0.05, 0) is 71.7 Å². The van der Waals surface area contributed by atoms with E-state index < -0.39 is 0 Å². The van der Waals surface area contributed by atoms with E-state index in [4.69, 9.17) is 9.47 Å². The van der Waals surface area contributed by atoms with Gasteiger partial charge in [-0.1, -0.05) is 19.1 Å². The number of halogens is 2. The SMILES string of the molecule is CCc1cnc(Nc2ccc([C@H]3CNCCO3)cc2F)nc1.Fc1cc([C@@H]2CNCCO2)ccc1Nc1ncc(C2CC2)cn1. The molecule has 236 valence electrons. The summed E-state index contributed by atoms with van der Waals surface area (Å²) in [5, 5.41) is 12.3. The predicted octanol–water partition coefficient (Wildman–Crippen LogP) is 5.48. The van der Waals surface area contributed by atoms with Gasteiger partial charge in [0.1, 0.15) is 11.6 Å². The summed E-state index contributed by atoms with van der Waals surface area (Å²) in [6.07, 6.45) is 10.2. The molecular formula is C33H38F2N8O2. The molecular weight excluding hydrogens is 578 g/mol. The average Bonchev–Trinajstić information content (AvgIpc) is 3.94. The van der Waals surface area contributed by atoms with Crippen molar-refractivity contribution in [1.82, 2.24) is 30.6 Å². The average molecular weight is 617 g/mol. The number of hydrogen-bond acceptors (Lipinski definition) is 10. The van der Waals surface area contributed by atoms with Crippen molar-refractivity contribution in [3.63, 3.8) is 0 Å². The fourth-order valence-corrected chi connectivity index (χ4v) is 5.10. The Hall–Kier alpha value is -4.10. The Morgan fingerprint density at radius 3 is 1.60 bits per heavy atom. The minimum atomic E-state index is -0.338. The van der Waals surface area contributed by atoms with Gasteiger partial charge in [0.2, 0.25) is 11.9 Å². The summed E-state index contributed by atoms with van der Waals surface area (Å²) >= 11 is 0. The highest BCUT2D eigenvalue weighted by molar-refractivity contribution is 5.56. The summed E-state index contributed by atoms with van der Waals surface area (Å²) in [5.74, 6) is 0.752. The minimum Gasteiger partial charge on any atom is -0.371 e. The van der Waals surface area contributed by atoms with Crippen LogP contribution in [0.4, 0.5) is 32.1 Å². The third-order valence-electron chi connectivity index (χ3n) is 7.91. The van der Waals surface area contributed by atoms with E-state index in [1.54, 1.807) is 24.5 Å². The molecule has 4 aromatic rings. The lowest BCUT2D eigenvalue weighted by Gasteiger charge is -2.24. The second-order valence-corrected chi connectivity index (χ2v) is 11.2. The minimum absolute atomic E-state index is 0.0959. The largest absolute Gasteiger partial charge is 0.371 e. The van der Waals surface area contributed by atoms with Crippen LogP contribution in [0, 0.1) is 11.6 Å². The van der Waals surface area contributed by atoms with Gasteiger partial charge in [-0.25, -0.2) is 28.7 Å². The van der Waals surface area contributed by atoms with Crippen molar-refractivity contribution in [2.45, 2.75) is 44.3 Å². The fourth-order valence-electron chi connectivity index (χ4n) is 5.10. The highest BCUT2D eigenvalue weighted by atomic mass is 19.1. The molecule has 4 N–H and O–H groups in total. The monoisotopic (exact) mass is 616 g/mol. The molecule has 1 saturated carbocycles. The number of rotatable bonds is 8. The Morgan fingerprint density at radius 2 is 1.20 bits per heavy atom. The molecule has 0 bridgehead atoms. The number of anilines is 4. The van der Waals surface area contributed by atoms with Gasteiger partial charge in [-0.3, -0.25) is 0 Å². The summed E-state index contributed by atoms with van der Waals surface area (Å²) in [7, 11) is 0. The van der Waals surface area contributed by atoms with Crippen molar-refractivity contribution < 1.29 is 18.3 Å². The van der Waals surface area contributed by atoms with Crippen LogP contribution in [0.15, 0.2) is 61.2 Å². The van der Waals surface area contributed by atoms with Crippen LogP contribution in [0.25, 0.3) is 0 Å². The van der Waals surface area contributed by atoms with Crippen LogP contribution in [-0.4, -0.2) is 59.3 Å². The lowest BCUT2D eigenvalue weighted by atomic mass is 10.1. The molecule has 7 rings (SSSR count). The maximum absolute atomic E-state index is 14.3. The molecule has 2 saturated heterocycles. The van der Waals surface area contributed by atoms with Gasteiger partial charge >= 0.3 is 0 Å². The number of nitrogens with one attached hydrogen (secondary N) is 4. The second-order valence-electron chi connectivity index (χ2n) is 11.2. The van der Waals surface area contributed by atoms with Crippen molar-refractivity contribution >= 4 is 23.3 Å². The fraction of sp³-hybridized carbons (Fsp3) is 0.394. The summed E-state index contributed by atoms with van der Waals surface area (Å²) in [5.41, 5.74) is 4.60. The third-order valence-corrected chi connectivity index (χ3v) is 7.91. The zero-order chi connectivity index (χ0) is 31.0. The predicted molar refractivity (Wildman–Crippen MR) is 168 cm³/mol. The Bertz CT molecular complexity index is 1540. The van der Waals surface area contributed by atoms with E-state index in [-0.39, 0.29) is 23.8 Å². The number of ether oxygens (including phenoxy) is 2. The van der Waals surface area contributed by atoms with Crippen LogP contribution in [0.5, 0.6) is 0 Å². The molecule has 10 nitrogen and oxygen atoms in total. The van der Waals surface area contributed by atoms with Gasteiger partial charge in [-0.15, -0.1) is 0 Å². The number of aryl methyl sites for hydroxylation is 1. The number of nitrogens with zero attached hydrogens (tertiary/aromatic N) is 4. The van der Waals surface area contributed by atoms with E-state index >= 15 is 0 Å². The molecule has 0 unspecified atom stereocenters. The van der Waals surface area contributed by atoms with Gasteiger partial charge < -0.3 is 30.7 Å². The summed E-state index contributed by atoms with van der Waals surface area (Å²) in [6, 6.07) is 10.2. The van der Waals surface area contributed by atoms with Crippen molar-refractivity contribution in [3.8, 4) is 0 Å². The van der Waals surface area contributed by atoms with Crippen molar-refractivity contribution in [2.24, 2.45) is 0 Å². The van der Waals surface area contributed by atoms with Crippen LogP contribution in [-0.2, 0) is 15.9 Å². The molecule has 2 aromatic heterocycles. The van der Waals surface area contributed by atoms with Gasteiger partial charge in [-0.2, -0.15) is 0 Å². The summed E-state index contributed by atoms with van der Waals surface area (Å²) in [4.78, 5) is 16.9. The molecule has 2 aromatic carbocycles. The van der Waals surface area contributed by atoms with Crippen molar-refractivity contribution in [3.05, 3.63) is 95.1 Å². The standard InChI is InChI=1S/C17H19FN4O.C16H19FN4O/c18-14-7-12(16-10-19-5-6-23-16)3-4-15(14)22-17-20-8-13(9-21-17)11-1-2-11;1-2-11-8-19-16(20-9-11)21-14-4-3-12(7-13(14)17)15-10-18-5-6-22-15/h3-4,7-9,11,16,19H,1-2,5-6,10H2,(H,20,21,22);3-4,7-9,15,18H,2,5-6,10H2,1H3,(H,19,20,21)/t16-;15-/m01/s1. The maximum atomic E-state index is 14.3. The molecule has 12 heteroatoms. The molecule has 4 heterocycles. The first kappa shape index (κ1) is 30.9. The molecule has 3 fully saturated rings.